The highest BCUT2D eigenvalue weighted by Gasteiger charge is 2.55. The largest absolute Gasteiger partial charge is 0.417 e. The Kier molecular flexibility index (Phi) is 7.68. The van der Waals surface area contributed by atoms with Crippen molar-refractivity contribution < 1.29 is 27.1 Å². The summed E-state index contributed by atoms with van der Waals surface area (Å²) in [6.07, 6.45) is 1.39. The first kappa shape index (κ1) is 31.7. The molecule has 2 aliphatic heterocycles. The molecule has 1 saturated heterocycles. The van der Waals surface area contributed by atoms with E-state index in [1.807, 2.05) is 0 Å². The third-order valence-electron chi connectivity index (χ3n) is 11.2. The van der Waals surface area contributed by atoms with Crippen molar-refractivity contribution in [1.82, 2.24) is 4.98 Å². The van der Waals surface area contributed by atoms with Crippen molar-refractivity contribution in [1.29, 1.82) is 5.26 Å². The van der Waals surface area contributed by atoms with Gasteiger partial charge in [-0.05, 0) is 78.4 Å². The average Bonchev–Trinajstić information content (AvgIpc) is 3.24. The summed E-state index contributed by atoms with van der Waals surface area (Å²) in [7, 11) is -2.19. The number of nitrogens with zero attached hydrogens (tertiary/aromatic N) is 2. The van der Waals surface area contributed by atoms with Crippen LogP contribution < -0.4 is 0 Å². The molecule has 0 bridgehead atoms. The Balaban J connectivity index is 1.60. The van der Waals surface area contributed by atoms with Gasteiger partial charge >= 0.3 is 6.18 Å². The second-order valence-corrected chi connectivity index (χ2v) is 20.2. The molecule has 44 heavy (non-hydrogen) atoms. The number of benzene rings is 1. The lowest BCUT2D eigenvalue weighted by atomic mass is 9.58. The van der Waals surface area contributed by atoms with Gasteiger partial charge in [-0.3, -0.25) is 4.98 Å². The Labute approximate surface area is 260 Å². The Morgan fingerprint density at radius 1 is 1.07 bits per heavy atom. The fourth-order valence-electron chi connectivity index (χ4n) is 7.69. The molecule has 0 radical (unpaired) electrons. The van der Waals surface area contributed by atoms with Gasteiger partial charge in [-0.25, -0.2) is 0 Å². The van der Waals surface area contributed by atoms with Gasteiger partial charge in [-0.15, -0.1) is 0 Å². The average molecular weight is 627 g/mol. The summed E-state index contributed by atoms with van der Waals surface area (Å²) in [5, 5.41) is 9.76. The molecule has 0 N–H and O–H groups in total. The van der Waals surface area contributed by atoms with Crippen LogP contribution in [0.4, 0.5) is 13.2 Å². The third-order valence-corrected chi connectivity index (χ3v) is 15.7. The van der Waals surface area contributed by atoms with Crippen molar-refractivity contribution in [2.45, 2.75) is 128 Å². The van der Waals surface area contributed by atoms with E-state index in [2.05, 4.69) is 47.7 Å². The van der Waals surface area contributed by atoms with Crippen LogP contribution in [0.25, 0.3) is 0 Å². The molecule has 5 nitrogen and oxygen atoms in total. The molecule has 2 spiro atoms. The highest BCUT2D eigenvalue weighted by Crippen LogP contribution is 2.61. The Morgan fingerprint density at radius 3 is 2.30 bits per heavy atom. The first-order chi connectivity index (χ1) is 20.5. The maximum absolute atomic E-state index is 13.8. The normalized spacial score (nSPS) is 24.2. The van der Waals surface area contributed by atoms with E-state index in [0.29, 0.717) is 31.6 Å². The Bertz CT molecular complexity index is 1490. The molecule has 2 fully saturated rings. The number of halogens is 3. The molecule has 3 heterocycles. The van der Waals surface area contributed by atoms with Gasteiger partial charge in [0, 0.05) is 48.6 Å². The second kappa shape index (κ2) is 10.6. The summed E-state index contributed by atoms with van der Waals surface area (Å²) in [5.74, 6) is 0.0686. The number of alkyl halides is 3. The van der Waals surface area contributed by atoms with Gasteiger partial charge in [0.25, 0.3) is 0 Å². The van der Waals surface area contributed by atoms with E-state index in [1.54, 1.807) is 6.07 Å². The van der Waals surface area contributed by atoms with Crippen molar-refractivity contribution in [2.75, 3.05) is 13.2 Å². The zero-order chi connectivity index (χ0) is 31.9. The van der Waals surface area contributed by atoms with Gasteiger partial charge in [-0.2, -0.15) is 18.4 Å². The Hall–Kier alpha value is -2.25. The summed E-state index contributed by atoms with van der Waals surface area (Å²) in [4.78, 5) is 5.44. The number of fused-ring (bicyclic) bond motifs is 4. The second-order valence-electron chi connectivity index (χ2n) is 15.4. The predicted molar refractivity (Wildman–Crippen MR) is 165 cm³/mol. The van der Waals surface area contributed by atoms with Crippen molar-refractivity contribution in [2.24, 2.45) is 5.41 Å². The van der Waals surface area contributed by atoms with Crippen LogP contribution in [0.3, 0.4) is 0 Å². The van der Waals surface area contributed by atoms with Gasteiger partial charge in [0.05, 0.1) is 28.9 Å². The highest BCUT2D eigenvalue weighted by atomic mass is 28.4. The van der Waals surface area contributed by atoms with E-state index < -0.39 is 37.3 Å². The van der Waals surface area contributed by atoms with E-state index in [1.165, 1.54) is 31.4 Å². The molecule has 1 aromatic carbocycles. The molecular weight excluding hydrogens is 581 g/mol. The maximum atomic E-state index is 13.8. The molecule has 238 valence electrons. The van der Waals surface area contributed by atoms with Crippen molar-refractivity contribution in [3.63, 3.8) is 0 Å². The molecule has 4 aliphatic rings. The first-order valence-corrected chi connectivity index (χ1v) is 19.0. The molecule has 1 saturated carbocycles. The van der Waals surface area contributed by atoms with Crippen molar-refractivity contribution >= 4 is 8.32 Å². The first-order valence-electron chi connectivity index (χ1n) is 16.1. The summed E-state index contributed by atoms with van der Waals surface area (Å²) in [6.45, 7) is 16.7. The fourth-order valence-corrected chi connectivity index (χ4v) is 8.95. The third kappa shape index (κ3) is 5.14. The smallest absolute Gasteiger partial charge is 0.410 e. The highest BCUT2D eigenvalue weighted by molar-refractivity contribution is 6.74. The number of nitriles is 1. The monoisotopic (exact) mass is 626 g/mol. The quantitative estimate of drug-likeness (QED) is 0.317. The lowest BCUT2D eigenvalue weighted by molar-refractivity contribution is -0.138. The maximum Gasteiger partial charge on any atom is 0.417 e. The standard InChI is InChI=1S/C35H45F3N2O3Si/c1-21(2)30-28-29(27-25(40-30)18-33(11-8-12-33)19-26(27)43-44(6,7)32(3,4)5)34(13-15-41-16-14-34)42-31(28)22-9-10-24(35(36,37)38)23(17-22)20-39/h9-10,17,21,26,31H,8,11-16,18-19H2,1-7H3. The molecule has 9 heteroatoms. The fraction of sp³-hybridized carbons (Fsp3) is 0.657. The summed E-state index contributed by atoms with van der Waals surface area (Å²) in [5.41, 5.74) is 4.07. The molecule has 1 aromatic heterocycles. The summed E-state index contributed by atoms with van der Waals surface area (Å²) < 4.78 is 61.6. The zero-order valence-electron chi connectivity index (χ0n) is 27.1. The summed E-state index contributed by atoms with van der Waals surface area (Å²) >= 11 is 0. The van der Waals surface area contributed by atoms with Crippen LogP contribution in [0, 0.1) is 16.7 Å². The van der Waals surface area contributed by atoms with Crippen LogP contribution in [0.2, 0.25) is 18.1 Å². The van der Waals surface area contributed by atoms with Gasteiger partial charge in [0.15, 0.2) is 8.32 Å². The molecule has 2 aromatic rings. The zero-order valence-corrected chi connectivity index (χ0v) is 28.1. The van der Waals surface area contributed by atoms with Crippen LogP contribution in [0.5, 0.6) is 0 Å². The van der Waals surface area contributed by atoms with Crippen molar-refractivity contribution in [3.05, 3.63) is 63.0 Å². The van der Waals surface area contributed by atoms with Crippen LogP contribution in [-0.4, -0.2) is 26.5 Å². The summed E-state index contributed by atoms with van der Waals surface area (Å²) in [6, 6.07) is 5.66. The van der Waals surface area contributed by atoms with Gasteiger partial charge in [0.1, 0.15) is 6.10 Å². The molecule has 0 amide bonds. The Morgan fingerprint density at radius 2 is 1.75 bits per heavy atom. The van der Waals surface area contributed by atoms with E-state index >= 15 is 0 Å². The minimum Gasteiger partial charge on any atom is -0.410 e. The van der Waals surface area contributed by atoms with E-state index in [-0.39, 0.29) is 22.5 Å². The lowest BCUT2D eigenvalue weighted by Crippen LogP contribution is -2.47. The van der Waals surface area contributed by atoms with Gasteiger partial charge in [-0.1, -0.05) is 47.1 Å². The van der Waals surface area contributed by atoms with Crippen LogP contribution in [-0.2, 0) is 32.1 Å². The van der Waals surface area contributed by atoms with E-state index in [9.17, 15) is 18.4 Å². The van der Waals surface area contributed by atoms with Crippen LogP contribution in [0.15, 0.2) is 18.2 Å². The predicted octanol–water partition coefficient (Wildman–Crippen LogP) is 9.40. The molecule has 2 unspecified atom stereocenters. The minimum absolute atomic E-state index is 0.0230. The number of rotatable bonds is 4. The molecular formula is C35H45F3N2O3Si. The SMILES string of the molecule is CC(C)c1nc2c(c3c1C(c1ccc(C(F)(F)F)c(C#N)c1)OC31CCOCC1)C(O[Si](C)(C)C(C)(C)C)CC1(CCC1)C2. The van der Waals surface area contributed by atoms with Crippen LogP contribution >= 0.6 is 0 Å². The van der Waals surface area contributed by atoms with E-state index in [0.717, 1.165) is 47.0 Å². The van der Waals surface area contributed by atoms with Gasteiger partial charge in [0.2, 0.25) is 0 Å². The number of aromatic nitrogens is 1. The van der Waals surface area contributed by atoms with Crippen molar-refractivity contribution in [3.8, 4) is 6.07 Å². The van der Waals surface area contributed by atoms with E-state index in [4.69, 9.17) is 18.9 Å². The number of pyridine rings is 1. The molecule has 2 aliphatic carbocycles. The number of hydrogen-bond acceptors (Lipinski definition) is 5. The molecule has 6 rings (SSSR count). The van der Waals surface area contributed by atoms with Crippen LogP contribution in [0.1, 0.15) is 136 Å². The topological polar surface area (TPSA) is 64.4 Å². The van der Waals surface area contributed by atoms with Gasteiger partial charge < -0.3 is 13.9 Å². The number of ether oxygens (including phenoxy) is 2. The lowest BCUT2D eigenvalue weighted by Gasteiger charge is -2.51. The number of hydrogen-bond donors (Lipinski definition) is 0. The minimum atomic E-state index is -4.62. The molecule has 2 atom stereocenters.